The van der Waals surface area contributed by atoms with Crippen LogP contribution in [0, 0.1) is 0 Å². The summed E-state index contributed by atoms with van der Waals surface area (Å²) in [5, 5.41) is 3.45. The lowest BCUT2D eigenvalue weighted by Crippen LogP contribution is -2.40. The molecule has 6 heteroatoms. The molecule has 1 atom stereocenters. The first kappa shape index (κ1) is 17.9. The standard InChI is InChI=1S/C19H28N2O4/c1-19(2,3)25-18(22)21-10-4-5-15(21)8-9-20-12-14-6-7-16-17(11-14)24-13-23-16/h6-7,11,15,20H,4-5,8-10,12-13H2,1-3H3. The van der Waals surface area contributed by atoms with Gasteiger partial charge in [0.25, 0.3) is 0 Å². The Morgan fingerprint density at radius 1 is 1.32 bits per heavy atom. The Hall–Kier alpha value is -1.95. The monoisotopic (exact) mass is 348 g/mol. The lowest BCUT2D eigenvalue weighted by Gasteiger charge is -2.28. The maximum atomic E-state index is 12.3. The number of rotatable bonds is 5. The van der Waals surface area contributed by atoms with Crippen molar-refractivity contribution >= 4 is 6.09 Å². The van der Waals surface area contributed by atoms with Gasteiger partial charge in [0.15, 0.2) is 11.5 Å². The molecule has 1 aromatic rings. The van der Waals surface area contributed by atoms with E-state index in [1.165, 1.54) is 5.56 Å². The number of carbonyl (C=O) groups is 1. The summed E-state index contributed by atoms with van der Waals surface area (Å²) >= 11 is 0. The fourth-order valence-corrected chi connectivity index (χ4v) is 3.25. The van der Waals surface area contributed by atoms with E-state index in [9.17, 15) is 4.79 Å². The van der Waals surface area contributed by atoms with E-state index in [-0.39, 0.29) is 12.1 Å². The number of carbonyl (C=O) groups excluding carboxylic acids is 1. The molecule has 2 heterocycles. The second kappa shape index (κ2) is 7.52. The van der Waals surface area contributed by atoms with Crippen LogP contribution in [0.5, 0.6) is 11.5 Å². The molecule has 2 aliphatic heterocycles. The highest BCUT2D eigenvalue weighted by molar-refractivity contribution is 5.68. The number of nitrogens with zero attached hydrogens (tertiary/aromatic N) is 1. The molecule has 1 aromatic carbocycles. The smallest absolute Gasteiger partial charge is 0.410 e. The Balaban J connectivity index is 1.43. The van der Waals surface area contributed by atoms with Crippen molar-refractivity contribution in [3.63, 3.8) is 0 Å². The predicted molar refractivity (Wildman–Crippen MR) is 94.9 cm³/mol. The van der Waals surface area contributed by atoms with Crippen molar-refractivity contribution in [3.8, 4) is 11.5 Å². The second-order valence-electron chi connectivity index (χ2n) is 7.62. The number of hydrogen-bond donors (Lipinski definition) is 1. The van der Waals surface area contributed by atoms with Gasteiger partial charge in [-0.15, -0.1) is 0 Å². The molecule has 1 saturated heterocycles. The minimum absolute atomic E-state index is 0.189. The first-order valence-corrected chi connectivity index (χ1v) is 9.01. The summed E-state index contributed by atoms with van der Waals surface area (Å²) in [4.78, 5) is 14.2. The maximum absolute atomic E-state index is 12.3. The quantitative estimate of drug-likeness (QED) is 0.828. The normalized spacial score (nSPS) is 19.3. The highest BCUT2D eigenvalue weighted by Crippen LogP contribution is 2.32. The van der Waals surface area contributed by atoms with Crippen molar-refractivity contribution in [3.05, 3.63) is 23.8 Å². The molecule has 1 amide bonds. The number of likely N-dealkylation sites (tertiary alicyclic amines) is 1. The van der Waals surface area contributed by atoms with Gasteiger partial charge in [0.05, 0.1) is 0 Å². The lowest BCUT2D eigenvalue weighted by atomic mass is 10.1. The molecule has 0 radical (unpaired) electrons. The largest absolute Gasteiger partial charge is 0.454 e. The van der Waals surface area contributed by atoms with E-state index in [0.29, 0.717) is 6.79 Å². The first-order chi connectivity index (χ1) is 11.9. The molecule has 6 nitrogen and oxygen atoms in total. The van der Waals surface area contributed by atoms with Gasteiger partial charge in [-0.1, -0.05) is 6.07 Å². The van der Waals surface area contributed by atoms with Crippen LogP contribution in [-0.4, -0.2) is 42.5 Å². The SMILES string of the molecule is CC(C)(C)OC(=O)N1CCCC1CCNCc1ccc2c(c1)OCO2. The molecular weight excluding hydrogens is 320 g/mol. The number of fused-ring (bicyclic) bond motifs is 1. The van der Waals surface area contributed by atoms with Gasteiger partial charge in [-0.05, 0) is 64.3 Å². The molecule has 1 unspecified atom stereocenters. The summed E-state index contributed by atoms with van der Waals surface area (Å²) in [7, 11) is 0. The van der Waals surface area contributed by atoms with Crippen LogP contribution in [0.2, 0.25) is 0 Å². The molecule has 0 bridgehead atoms. The topological polar surface area (TPSA) is 60.0 Å². The van der Waals surface area contributed by atoms with Gasteiger partial charge < -0.3 is 24.4 Å². The molecule has 0 spiro atoms. The summed E-state index contributed by atoms with van der Waals surface area (Å²) in [5.41, 5.74) is 0.724. The van der Waals surface area contributed by atoms with Gasteiger partial charge in [0, 0.05) is 19.1 Å². The Morgan fingerprint density at radius 3 is 2.92 bits per heavy atom. The van der Waals surface area contributed by atoms with Crippen LogP contribution in [0.15, 0.2) is 18.2 Å². The summed E-state index contributed by atoms with van der Waals surface area (Å²) in [6, 6.07) is 6.26. The number of amides is 1. The van der Waals surface area contributed by atoms with Gasteiger partial charge in [0.1, 0.15) is 5.60 Å². The molecule has 2 aliphatic rings. The van der Waals surface area contributed by atoms with Crippen molar-refractivity contribution in [2.45, 2.75) is 58.2 Å². The van der Waals surface area contributed by atoms with E-state index in [2.05, 4.69) is 5.32 Å². The predicted octanol–water partition coefficient (Wildman–Crippen LogP) is 3.29. The molecule has 138 valence electrons. The van der Waals surface area contributed by atoms with E-state index in [4.69, 9.17) is 14.2 Å². The van der Waals surface area contributed by atoms with Crippen molar-refractivity contribution in [1.82, 2.24) is 10.2 Å². The Kier molecular flexibility index (Phi) is 5.37. The van der Waals surface area contributed by atoms with Crippen LogP contribution >= 0.6 is 0 Å². The number of ether oxygens (including phenoxy) is 3. The molecule has 0 aliphatic carbocycles. The van der Waals surface area contributed by atoms with Gasteiger partial charge in [0.2, 0.25) is 6.79 Å². The van der Waals surface area contributed by atoms with Crippen LogP contribution in [0.25, 0.3) is 0 Å². The van der Waals surface area contributed by atoms with Gasteiger partial charge in [-0.3, -0.25) is 0 Å². The minimum atomic E-state index is -0.443. The summed E-state index contributed by atoms with van der Waals surface area (Å²) in [6.07, 6.45) is 2.84. The summed E-state index contributed by atoms with van der Waals surface area (Å²) in [6.45, 7) is 8.44. The van der Waals surface area contributed by atoms with Crippen LogP contribution < -0.4 is 14.8 Å². The van der Waals surface area contributed by atoms with Crippen LogP contribution in [0.1, 0.15) is 45.6 Å². The number of benzene rings is 1. The molecule has 0 saturated carbocycles. The Labute approximate surface area is 149 Å². The molecule has 25 heavy (non-hydrogen) atoms. The van der Waals surface area contributed by atoms with Crippen molar-refractivity contribution in [2.75, 3.05) is 19.9 Å². The first-order valence-electron chi connectivity index (χ1n) is 9.01. The van der Waals surface area contributed by atoms with E-state index < -0.39 is 5.60 Å². The third kappa shape index (κ3) is 4.78. The van der Waals surface area contributed by atoms with E-state index in [1.807, 2.05) is 43.9 Å². The van der Waals surface area contributed by atoms with Gasteiger partial charge >= 0.3 is 6.09 Å². The highest BCUT2D eigenvalue weighted by Gasteiger charge is 2.31. The van der Waals surface area contributed by atoms with E-state index in [1.54, 1.807) is 0 Å². The number of nitrogens with one attached hydrogen (secondary N) is 1. The van der Waals surface area contributed by atoms with Gasteiger partial charge in [-0.25, -0.2) is 4.79 Å². The van der Waals surface area contributed by atoms with E-state index in [0.717, 1.165) is 50.4 Å². The van der Waals surface area contributed by atoms with Crippen molar-refractivity contribution in [1.29, 1.82) is 0 Å². The molecule has 0 aromatic heterocycles. The Bertz CT molecular complexity index is 612. The van der Waals surface area contributed by atoms with Gasteiger partial charge in [-0.2, -0.15) is 0 Å². The third-order valence-corrected chi connectivity index (χ3v) is 4.43. The third-order valence-electron chi connectivity index (χ3n) is 4.43. The van der Waals surface area contributed by atoms with Crippen LogP contribution in [0.4, 0.5) is 4.79 Å². The van der Waals surface area contributed by atoms with Crippen LogP contribution in [-0.2, 0) is 11.3 Å². The Morgan fingerprint density at radius 2 is 2.12 bits per heavy atom. The average Bonchev–Trinajstić information content (AvgIpc) is 3.18. The molecule has 1 fully saturated rings. The fourth-order valence-electron chi connectivity index (χ4n) is 3.25. The molecular formula is C19H28N2O4. The van der Waals surface area contributed by atoms with Crippen molar-refractivity contribution in [2.24, 2.45) is 0 Å². The average molecular weight is 348 g/mol. The zero-order valence-electron chi connectivity index (χ0n) is 15.3. The fraction of sp³-hybridized carbons (Fsp3) is 0.632. The number of hydrogen-bond acceptors (Lipinski definition) is 5. The van der Waals surface area contributed by atoms with Crippen LogP contribution in [0.3, 0.4) is 0 Å². The minimum Gasteiger partial charge on any atom is -0.454 e. The maximum Gasteiger partial charge on any atom is 0.410 e. The highest BCUT2D eigenvalue weighted by atomic mass is 16.7. The second-order valence-corrected chi connectivity index (χ2v) is 7.62. The zero-order valence-corrected chi connectivity index (χ0v) is 15.3. The molecule has 1 N–H and O–H groups in total. The summed E-state index contributed by atoms with van der Waals surface area (Å²) in [5.74, 6) is 1.62. The van der Waals surface area contributed by atoms with E-state index >= 15 is 0 Å². The lowest BCUT2D eigenvalue weighted by molar-refractivity contribution is 0.0220. The zero-order chi connectivity index (χ0) is 17.9. The van der Waals surface area contributed by atoms with Crippen molar-refractivity contribution < 1.29 is 19.0 Å². The molecule has 3 rings (SSSR count). The summed E-state index contributed by atoms with van der Waals surface area (Å²) < 4.78 is 16.2.